The largest absolute Gasteiger partial charge is 0.496 e. The number of aromatic nitrogens is 2. The second-order valence-corrected chi connectivity index (χ2v) is 10.3. The minimum atomic E-state index is -4.57. The monoisotopic (exact) mass is 554 g/mol. The molecule has 5 rings (SSSR count). The molecule has 3 heterocycles. The van der Waals surface area contributed by atoms with Crippen molar-refractivity contribution in [2.75, 3.05) is 32.2 Å². The molecule has 39 heavy (non-hydrogen) atoms. The highest BCUT2D eigenvalue weighted by Crippen LogP contribution is 2.38. The molecule has 1 aliphatic carbocycles. The van der Waals surface area contributed by atoms with E-state index in [1.54, 1.807) is 6.08 Å². The topological polar surface area (TPSA) is 85.4 Å². The van der Waals surface area contributed by atoms with E-state index < -0.39 is 17.6 Å². The fourth-order valence-electron chi connectivity index (χ4n) is 4.10. The molecule has 202 valence electrons. The Hall–Kier alpha value is -3.80. The van der Waals surface area contributed by atoms with Crippen LogP contribution in [0.15, 0.2) is 35.5 Å². The zero-order chi connectivity index (χ0) is 27.4. The summed E-state index contributed by atoms with van der Waals surface area (Å²) >= 11 is 1.14. The lowest BCUT2D eigenvalue weighted by molar-refractivity contribution is -0.137. The minimum Gasteiger partial charge on any atom is -0.496 e. The van der Waals surface area contributed by atoms with Crippen LogP contribution in [0, 0.1) is 35.5 Å². The van der Waals surface area contributed by atoms with Crippen LogP contribution in [0.25, 0.3) is 5.57 Å². The third-order valence-corrected chi connectivity index (χ3v) is 7.09. The average Bonchev–Trinajstić information content (AvgIpc) is 3.67. The normalized spacial score (nSPS) is 19.1. The van der Waals surface area contributed by atoms with Crippen LogP contribution in [0.2, 0.25) is 0 Å². The molecule has 1 unspecified atom stereocenters. The highest BCUT2D eigenvalue weighted by molar-refractivity contribution is 7.15. The molecule has 2 aliphatic heterocycles. The van der Waals surface area contributed by atoms with Gasteiger partial charge >= 0.3 is 6.18 Å². The first-order chi connectivity index (χ1) is 18.8. The van der Waals surface area contributed by atoms with Gasteiger partial charge in [-0.3, -0.25) is 10.1 Å². The van der Waals surface area contributed by atoms with Gasteiger partial charge in [0.05, 0.1) is 25.0 Å². The Balaban J connectivity index is 1.50. The summed E-state index contributed by atoms with van der Waals surface area (Å²) in [5.74, 6) is 12.4. The molecule has 0 spiro atoms. The van der Waals surface area contributed by atoms with Crippen LogP contribution in [0.3, 0.4) is 0 Å². The van der Waals surface area contributed by atoms with E-state index in [0.29, 0.717) is 29.8 Å². The van der Waals surface area contributed by atoms with Gasteiger partial charge < -0.3 is 14.8 Å². The highest BCUT2D eigenvalue weighted by Gasteiger charge is 2.32. The average molecular weight is 555 g/mol. The molecule has 1 atom stereocenters. The van der Waals surface area contributed by atoms with E-state index in [0.717, 1.165) is 49.2 Å². The Morgan fingerprint density at radius 1 is 1.18 bits per heavy atom. The summed E-state index contributed by atoms with van der Waals surface area (Å²) in [5, 5.41) is 14.5. The van der Waals surface area contributed by atoms with Crippen LogP contribution in [-0.2, 0) is 15.7 Å². The molecule has 1 aromatic carbocycles. The first kappa shape index (κ1) is 26.8. The second-order valence-electron chi connectivity index (χ2n) is 9.31. The van der Waals surface area contributed by atoms with Crippen molar-refractivity contribution in [2.45, 2.75) is 31.9 Å². The second kappa shape index (κ2) is 11.5. The van der Waals surface area contributed by atoms with Crippen LogP contribution in [-0.4, -0.2) is 43.0 Å². The molecule has 7 nitrogen and oxygen atoms in total. The molecule has 1 aromatic heterocycles. The zero-order valence-corrected chi connectivity index (χ0v) is 21.9. The molecule has 1 saturated heterocycles. The van der Waals surface area contributed by atoms with E-state index in [2.05, 4.69) is 44.5 Å². The quantitative estimate of drug-likeness (QED) is 0.536. The van der Waals surface area contributed by atoms with Crippen molar-refractivity contribution in [3.8, 4) is 29.4 Å². The highest BCUT2D eigenvalue weighted by atomic mass is 32.1. The van der Waals surface area contributed by atoms with Gasteiger partial charge in [-0.05, 0) is 67.4 Å². The number of rotatable bonds is 4. The van der Waals surface area contributed by atoms with E-state index in [1.165, 1.54) is 13.2 Å². The van der Waals surface area contributed by atoms with Gasteiger partial charge in [0.15, 0.2) is 5.01 Å². The number of alkyl halides is 3. The van der Waals surface area contributed by atoms with Crippen LogP contribution in [0.1, 0.15) is 41.8 Å². The molecule has 1 amide bonds. The molecular formula is C28H25F3N4O3S. The van der Waals surface area contributed by atoms with Crippen molar-refractivity contribution in [1.82, 2.24) is 15.5 Å². The van der Waals surface area contributed by atoms with Crippen LogP contribution >= 0.6 is 11.3 Å². The van der Waals surface area contributed by atoms with Crippen LogP contribution in [0.4, 0.5) is 18.3 Å². The Morgan fingerprint density at radius 2 is 2.00 bits per heavy atom. The van der Waals surface area contributed by atoms with Crippen molar-refractivity contribution in [1.29, 1.82) is 0 Å². The summed E-state index contributed by atoms with van der Waals surface area (Å²) in [7, 11) is 1.37. The van der Waals surface area contributed by atoms with Crippen molar-refractivity contribution in [3.63, 3.8) is 0 Å². The number of allylic oxidation sites excluding steroid dienone is 3. The SMILES string of the molecule is COc1ccc(C(F)(F)F)cc1C1=C(C(=O)Nc2nnc(C#CC3CC3)s2)CNC(C#CC2CCCOC2)=C1. The lowest BCUT2D eigenvalue weighted by atomic mass is 9.93. The molecule has 2 aromatic rings. The summed E-state index contributed by atoms with van der Waals surface area (Å²) < 4.78 is 51.7. The first-order valence-corrected chi connectivity index (χ1v) is 13.3. The molecule has 1 saturated carbocycles. The number of amides is 1. The number of nitrogens with one attached hydrogen (secondary N) is 2. The van der Waals surface area contributed by atoms with E-state index in [-0.39, 0.29) is 40.1 Å². The number of carbonyl (C=O) groups is 1. The summed E-state index contributed by atoms with van der Waals surface area (Å²) in [6, 6.07) is 3.18. The summed E-state index contributed by atoms with van der Waals surface area (Å²) in [5.41, 5.74) is 0.247. The Labute approximate surface area is 227 Å². The predicted octanol–water partition coefficient (Wildman–Crippen LogP) is 4.64. The third kappa shape index (κ3) is 6.80. The fourth-order valence-corrected chi connectivity index (χ4v) is 4.70. The van der Waals surface area contributed by atoms with Gasteiger partial charge in [-0.1, -0.05) is 23.2 Å². The smallest absolute Gasteiger partial charge is 0.416 e. The van der Waals surface area contributed by atoms with E-state index in [1.807, 2.05) is 0 Å². The molecule has 0 bridgehead atoms. The molecular weight excluding hydrogens is 529 g/mol. The number of hydrogen-bond acceptors (Lipinski definition) is 7. The third-order valence-electron chi connectivity index (χ3n) is 6.34. The van der Waals surface area contributed by atoms with Gasteiger partial charge in [0.25, 0.3) is 5.91 Å². The first-order valence-electron chi connectivity index (χ1n) is 12.5. The van der Waals surface area contributed by atoms with Gasteiger partial charge in [0.2, 0.25) is 5.13 Å². The number of halogens is 3. The molecule has 3 aliphatic rings. The van der Waals surface area contributed by atoms with Crippen molar-refractivity contribution >= 4 is 27.9 Å². The van der Waals surface area contributed by atoms with Crippen molar-refractivity contribution < 1.29 is 27.4 Å². The number of methoxy groups -OCH3 is 1. The molecule has 2 fully saturated rings. The number of benzene rings is 1. The van der Waals surface area contributed by atoms with Gasteiger partial charge in [-0.15, -0.1) is 10.2 Å². The van der Waals surface area contributed by atoms with E-state index >= 15 is 0 Å². The number of ether oxygens (including phenoxy) is 2. The fraction of sp³-hybridized carbons (Fsp3) is 0.393. The Bertz CT molecular complexity index is 1450. The van der Waals surface area contributed by atoms with E-state index in [4.69, 9.17) is 9.47 Å². The van der Waals surface area contributed by atoms with Crippen molar-refractivity contribution in [2.24, 2.45) is 11.8 Å². The van der Waals surface area contributed by atoms with Gasteiger partial charge in [0, 0.05) is 36.1 Å². The summed E-state index contributed by atoms with van der Waals surface area (Å²) in [6.45, 7) is 1.28. The molecule has 0 radical (unpaired) electrons. The standard InChI is InChI=1S/C28H25F3N4O3S/c1-37-24-10-8-19(28(29,30)31)13-22(24)21-14-20(9-6-18-3-2-12-38-16-18)32-15-23(21)26(36)33-27-35-34-25(39-27)11-7-17-4-5-17/h8,10,13-14,17-18,32H,2-5,12,15-16H2,1H3,(H,33,35,36). The van der Waals surface area contributed by atoms with Gasteiger partial charge in [-0.2, -0.15) is 13.2 Å². The lowest BCUT2D eigenvalue weighted by Gasteiger charge is -2.22. The summed E-state index contributed by atoms with van der Waals surface area (Å²) in [4.78, 5) is 13.4. The van der Waals surface area contributed by atoms with Gasteiger partial charge in [0.1, 0.15) is 5.75 Å². The minimum absolute atomic E-state index is 0.0371. The maximum Gasteiger partial charge on any atom is 0.416 e. The number of hydrogen-bond donors (Lipinski definition) is 2. The lowest BCUT2D eigenvalue weighted by Crippen LogP contribution is -2.28. The predicted molar refractivity (Wildman–Crippen MR) is 140 cm³/mol. The zero-order valence-electron chi connectivity index (χ0n) is 21.1. The Kier molecular flexibility index (Phi) is 7.92. The van der Waals surface area contributed by atoms with Crippen molar-refractivity contribution in [3.05, 3.63) is 51.7 Å². The number of nitrogens with zero attached hydrogens (tertiary/aromatic N) is 2. The number of dihydropyridines is 1. The number of carbonyl (C=O) groups excluding carboxylic acids is 1. The van der Waals surface area contributed by atoms with Crippen LogP contribution < -0.4 is 15.4 Å². The maximum absolute atomic E-state index is 13.6. The number of anilines is 1. The molecule has 11 heteroatoms. The summed E-state index contributed by atoms with van der Waals surface area (Å²) in [6.07, 6.45) is 0.989. The van der Waals surface area contributed by atoms with Gasteiger partial charge in [-0.25, -0.2) is 0 Å². The van der Waals surface area contributed by atoms with Crippen LogP contribution in [0.5, 0.6) is 5.75 Å². The molecule has 2 N–H and O–H groups in total. The Morgan fingerprint density at radius 3 is 2.72 bits per heavy atom. The maximum atomic E-state index is 13.6. The van der Waals surface area contributed by atoms with E-state index in [9.17, 15) is 18.0 Å².